The van der Waals surface area contributed by atoms with E-state index in [2.05, 4.69) is 6.07 Å². The molecular weight excluding hydrogens is 266 g/mol. The summed E-state index contributed by atoms with van der Waals surface area (Å²) in [5.74, 6) is 0. The Hall–Kier alpha value is -3.13. The first-order chi connectivity index (χ1) is 10.1. The van der Waals surface area contributed by atoms with Crippen LogP contribution in [0.1, 0.15) is 11.3 Å². The first kappa shape index (κ1) is 12.9. The van der Waals surface area contributed by atoms with Gasteiger partial charge >= 0.3 is 5.69 Å². The Morgan fingerprint density at radius 1 is 1.19 bits per heavy atom. The number of benzene rings is 1. The van der Waals surface area contributed by atoms with Crippen LogP contribution in [-0.2, 0) is 0 Å². The molecule has 2 aromatic heterocycles. The average Bonchev–Trinajstić information content (AvgIpc) is 2.82. The van der Waals surface area contributed by atoms with Crippen molar-refractivity contribution in [1.29, 1.82) is 5.26 Å². The predicted molar refractivity (Wildman–Crippen MR) is 78.9 cm³/mol. The SMILES string of the molecule is Cc1ccc(-c2c([N+](=O)[O-])c3ccccn3c2C#N)cc1. The highest BCUT2D eigenvalue weighted by atomic mass is 16.6. The first-order valence-corrected chi connectivity index (χ1v) is 6.38. The van der Waals surface area contributed by atoms with Crippen LogP contribution in [0, 0.1) is 28.4 Å². The van der Waals surface area contributed by atoms with Crippen molar-refractivity contribution in [2.45, 2.75) is 6.92 Å². The molecule has 5 nitrogen and oxygen atoms in total. The molecule has 5 heteroatoms. The standard InChI is InChI=1S/C16H11N3O2/c1-11-5-7-12(8-6-11)15-14(10-17)18-9-3-2-4-13(18)16(15)19(20)21/h2-9H,1H3. The van der Waals surface area contributed by atoms with Gasteiger partial charge in [0.15, 0.2) is 0 Å². The molecule has 0 unspecified atom stereocenters. The number of rotatable bonds is 2. The van der Waals surface area contributed by atoms with Gasteiger partial charge in [-0.2, -0.15) is 5.26 Å². The summed E-state index contributed by atoms with van der Waals surface area (Å²) in [5, 5.41) is 20.9. The van der Waals surface area contributed by atoms with Crippen LogP contribution < -0.4 is 0 Å². The Morgan fingerprint density at radius 3 is 2.52 bits per heavy atom. The number of hydrogen-bond donors (Lipinski definition) is 0. The number of nitrogens with zero attached hydrogens (tertiary/aromatic N) is 3. The highest BCUT2D eigenvalue weighted by Crippen LogP contribution is 2.38. The number of fused-ring (bicyclic) bond motifs is 1. The van der Waals surface area contributed by atoms with Crippen molar-refractivity contribution in [3.8, 4) is 17.2 Å². The zero-order chi connectivity index (χ0) is 15.0. The van der Waals surface area contributed by atoms with Crippen LogP contribution >= 0.6 is 0 Å². The van der Waals surface area contributed by atoms with Crippen LogP contribution in [0.2, 0.25) is 0 Å². The molecule has 0 atom stereocenters. The van der Waals surface area contributed by atoms with Crippen LogP contribution in [0.25, 0.3) is 16.6 Å². The third-order valence-corrected chi connectivity index (χ3v) is 3.45. The lowest BCUT2D eigenvalue weighted by molar-refractivity contribution is -0.382. The van der Waals surface area contributed by atoms with E-state index in [9.17, 15) is 15.4 Å². The van der Waals surface area contributed by atoms with Crippen molar-refractivity contribution in [2.24, 2.45) is 0 Å². The minimum atomic E-state index is -0.425. The van der Waals surface area contributed by atoms with Gasteiger partial charge in [-0.1, -0.05) is 35.9 Å². The molecule has 0 amide bonds. The van der Waals surface area contributed by atoms with E-state index in [1.807, 2.05) is 19.1 Å². The van der Waals surface area contributed by atoms with Crippen molar-refractivity contribution in [1.82, 2.24) is 4.40 Å². The van der Waals surface area contributed by atoms with E-state index in [4.69, 9.17) is 0 Å². The van der Waals surface area contributed by atoms with Gasteiger partial charge in [0.05, 0.1) is 10.5 Å². The molecule has 3 aromatic rings. The van der Waals surface area contributed by atoms with Gasteiger partial charge in [0, 0.05) is 6.20 Å². The van der Waals surface area contributed by atoms with Gasteiger partial charge < -0.3 is 4.40 Å². The highest BCUT2D eigenvalue weighted by Gasteiger charge is 2.27. The summed E-state index contributed by atoms with van der Waals surface area (Å²) in [6.45, 7) is 1.94. The van der Waals surface area contributed by atoms with Crippen LogP contribution in [0.5, 0.6) is 0 Å². The van der Waals surface area contributed by atoms with Crippen LogP contribution in [0.15, 0.2) is 48.7 Å². The number of pyridine rings is 1. The Bertz CT molecular complexity index is 886. The van der Waals surface area contributed by atoms with Crippen molar-refractivity contribution in [3.63, 3.8) is 0 Å². The molecular formula is C16H11N3O2. The second kappa shape index (κ2) is 4.76. The van der Waals surface area contributed by atoms with Gasteiger partial charge in [-0.3, -0.25) is 10.1 Å². The van der Waals surface area contributed by atoms with Crippen LogP contribution in [-0.4, -0.2) is 9.32 Å². The molecule has 1 aromatic carbocycles. The molecule has 0 spiro atoms. The molecule has 2 heterocycles. The molecule has 0 saturated carbocycles. The summed E-state index contributed by atoms with van der Waals surface area (Å²) in [7, 11) is 0. The van der Waals surface area contributed by atoms with Crippen LogP contribution in [0.4, 0.5) is 5.69 Å². The third kappa shape index (κ3) is 1.94. The number of aryl methyl sites for hydroxylation is 1. The summed E-state index contributed by atoms with van der Waals surface area (Å²) >= 11 is 0. The average molecular weight is 277 g/mol. The monoisotopic (exact) mass is 277 g/mol. The minimum absolute atomic E-state index is 0.0315. The third-order valence-electron chi connectivity index (χ3n) is 3.45. The van der Waals surface area contributed by atoms with Gasteiger partial charge in [0.2, 0.25) is 0 Å². The predicted octanol–water partition coefficient (Wildman–Crippen LogP) is 3.69. The summed E-state index contributed by atoms with van der Waals surface area (Å²) in [4.78, 5) is 11.1. The van der Waals surface area contributed by atoms with Gasteiger partial charge in [0.1, 0.15) is 17.3 Å². The number of hydrogen-bond acceptors (Lipinski definition) is 3. The molecule has 0 aliphatic rings. The van der Waals surface area contributed by atoms with Gasteiger partial charge in [-0.15, -0.1) is 0 Å². The molecule has 0 bridgehead atoms. The second-order valence-electron chi connectivity index (χ2n) is 4.76. The lowest BCUT2D eigenvalue weighted by atomic mass is 10.0. The molecule has 21 heavy (non-hydrogen) atoms. The lowest BCUT2D eigenvalue weighted by Gasteiger charge is -2.00. The molecule has 3 rings (SSSR count). The normalized spacial score (nSPS) is 10.5. The fourth-order valence-corrected chi connectivity index (χ4v) is 2.48. The molecule has 0 aliphatic heterocycles. The van der Waals surface area contributed by atoms with E-state index in [0.717, 1.165) is 5.56 Å². The maximum Gasteiger partial charge on any atom is 0.303 e. The fourth-order valence-electron chi connectivity index (χ4n) is 2.48. The first-order valence-electron chi connectivity index (χ1n) is 6.38. The fraction of sp³-hybridized carbons (Fsp3) is 0.0625. The summed E-state index contributed by atoms with van der Waals surface area (Å²) in [5.41, 5.74) is 2.77. The molecule has 0 N–H and O–H groups in total. The lowest BCUT2D eigenvalue weighted by Crippen LogP contribution is -1.90. The second-order valence-corrected chi connectivity index (χ2v) is 4.76. The Morgan fingerprint density at radius 2 is 1.90 bits per heavy atom. The zero-order valence-electron chi connectivity index (χ0n) is 11.3. The summed E-state index contributed by atoms with van der Waals surface area (Å²) < 4.78 is 1.56. The summed E-state index contributed by atoms with van der Waals surface area (Å²) in [6, 6.07) is 14.6. The number of aromatic nitrogens is 1. The van der Waals surface area contributed by atoms with Crippen LogP contribution in [0.3, 0.4) is 0 Å². The molecule has 102 valence electrons. The molecule has 0 radical (unpaired) electrons. The molecule has 0 saturated heterocycles. The van der Waals surface area contributed by atoms with E-state index < -0.39 is 4.92 Å². The Balaban J connectivity index is 2.45. The molecule has 0 aliphatic carbocycles. The minimum Gasteiger partial charge on any atom is -0.301 e. The van der Waals surface area contributed by atoms with Crippen molar-refractivity contribution in [3.05, 3.63) is 70.0 Å². The topological polar surface area (TPSA) is 71.3 Å². The van der Waals surface area contributed by atoms with Gasteiger partial charge in [-0.25, -0.2) is 0 Å². The van der Waals surface area contributed by atoms with Gasteiger partial charge in [0.25, 0.3) is 0 Å². The maximum absolute atomic E-state index is 11.5. The maximum atomic E-state index is 11.5. The van der Waals surface area contributed by atoms with E-state index in [0.29, 0.717) is 16.6 Å². The van der Waals surface area contributed by atoms with Gasteiger partial charge in [-0.05, 0) is 24.6 Å². The zero-order valence-corrected chi connectivity index (χ0v) is 11.3. The largest absolute Gasteiger partial charge is 0.303 e. The van der Waals surface area contributed by atoms with Crippen molar-refractivity contribution in [2.75, 3.05) is 0 Å². The van der Waals surface area contributed by atoms with E-state index in [1.165, 1.54) is 0 Å². The van der Waals surface area contributed by atoms with E-state index >= 15 is 0 Å². The molecule has 0 fully saturated rings. The number of nitriles is 1. The van der Waals surface area contributed by atoms with E-state index in [-0.39, 0.29) is 11.4 Å². The van der Waals surface area contributed by atoms with Crippen molar-refractivity contribution >= 4 is 11.2 Å². The summed E-state index contributed by atoms with van der Waals surface area (Å²) in [6.07, 6.45) is 1.67. The van der Waals surface area contributed by atoms with E-state index in [1.54, 1.807) is 40.9 Å². The highest BCUT2D eigenvalue weighted by molar-refractivity contribution is 5.89. The number of nitro groups is 1. The van der Waals surface area contributed by atoms with Crippen molar-refractivity contribution < 1.29 is 4.92 Å². The Kier molecular flexibility index (Phi) is 2.92. The Labute approximate surface area is 120 Å². The smallest absolute Gasteiger partial charge is 0.301 e. The quantitative estimate of drug-likeness (QED) is 0.529.